The Balaban J connectivity index is 1.83. The van der Waals surface area contributed by atoms with E-state index < -0.39 is 0 Å². The summed E-state index contributed by atoms with van der Waals surface area (Å²) in [5.74, 6) is 0.124. The molecule has 0 bridgehead atoms. The minimum Gasteiger partial charge on any atom is -0.326 e. The monoisotopic (exact) mass is 354 g/mol. The maximum Gasteiger partial charge on any atom is 0.248 e. The fraction of sp³-hybridized carbons (Fsp3) is 0.200. The van der Waals surface area contributed by atoms with Crippen LogP contribution in [0.1, 0.15) is 30.9 Å². The fourth-order valence-electron chi connectivity index (χ4n) is 2.84. The molecular weight excluding hydrogens is 336 g/mol. The van der Waals surface area contributed by atoms with Gasteiger partial charge < -0.3 is 10.3 Å². The molecule has 0 aliphatic carbocycles. The summed E-state index contributed by atoms with van der Waals surface area (Å²) in [7, 11) is 0. The number of rotatable bonds is 4. The van der Waals surface area contributed by atoms with Gasteiger partial charge >= 0.3 is 0 Å². The number of hydrogen-bond acceptors (Lipinski definition) is 2. The van der Waals surface area contributed by atoms with Crippen LogP contribution in [0, 0.1) is 0 Å². The minimum absolute atomic E-state index is 0.121. The highest BCUT2D eigenvalue weighted by atomic mass is 35.5. The van der Waals surface area contributed by atoms with E-state index in [0.717, 1.165) is 22.0 Å². The van der Waals surface area contributed by atoms with Gasteiger partial charge in [0, 0.05) is 22.2 Å². The molecule has 3 aromatic rings. The van der Waals surface area contributed by atoms with Crippen molar-refractivity contribution >= 4 is 34.1 Å². The smallest absolute Gasteiger partial charge is 0.248 e. The molecule has 0 spiro atoms. The maximum absolute atomic E-state index is 12.2. The van der Waals surface area contributed by atoms with E-state index >= 15 is 0 Å². The lowest BCUT2D eigenvalue weighted by molar-refractivity contribution is -0.115. The van der Waals surface area contributed by atoms with Crippen molar-refractivity contribution < 1.29 is 4.79 Å². The lowest BCUT2D eigenvalue weighted by Gasteiger charge is -2.11. The Labute approximate surface area is 150 Å². The van der Waals surface area contributed by atoms with Crippen molar-refractivity contribution in [3.05, 3.63) is 75.0 Å². The van der Waals surface area contributed by atoms with E-state index in [2.05, 4.69) is 24.1 Å². The number of H-pyrrole nitrogens is 1. The van der Waals surface area contributed by atoms with Gasteiger partial charge in [-0.25, -0.2) is 0 Å². The average molecular weight is 355 g/mol. The minimum atomic E-state index is -0.138. The number of nitrogens with one attached hydrogen (secondary N) is 2. The Morgan fingerprint density at radius 1 is 1.12 bits per heavy atom. The molecule has 0 radical (unpaired) electrons. The zero-order valence-corrected chi connectivity index (χ0v) is 14.9. The van der Waals surface area contributed by atoms with Crippen LogP contribution in [0.25, 0.3) is 10.9 Å². The molecular formula is C20H19ClN2O2. The standard InChI is InChI=1S/C20H19ClN2O2/c1-12(2)17-11-20(25)23-18-10-15(7-8-16(17)18)22-19(24)9-13-3-5-14(21)6-4-13/h3-8,10-12H,9H2,1-2H3,(H,22,24)(H,23,25). The molecule has 2 N–H and O–H groups in total. The van der Waals surface area contributed by atoms with Crippen LogP contribution < -0.4 is 10.9 Å². The van der Waals surface area contributed by atoms with Crippen molar-refractivity contribution in [1.82, 2.24) is 4.98 Å². The molecule has 0 fully saturated rings. The first-order valence-corrected chi connectivity index (χ1v) is 8.51. The first kappa shape index (κ1) is 17.2. The number of anilines is 1. The lowest BCUT2D eigenvalue weighted by Crippen LogP contribution is -2.14. The zero-order valence-electron chi connectivity index (χ0n) is 14.1. The molecule has 3 rings (SSSR count). The lowest BCUT2D eigenvalue weighted by atomic mass is 9.99. The van der Waals surface area contributed by atoms with Crippen molar-refractivity contribution in [2.75, 3.05) is 5.32 Å². The van der Waals surface area contributed by atoms with E-state index in [1.54, 1.807) is 24.3 Å². The van der Waals surface area contributed by atoms with Crippen LogP contribution in [-0.4, -0.2) is 10.9 Å². The van der Waals surface area contributed by atoms with Gasteiger partial charge in [0.05, 0.1) is 11.9 Å². The summed E-state index contributed by atoms with van der Waals surface area (Å²) in [4.78, 5) is 26.9. The number of aromatic amines is 1. The second-order valence-corrected chi connectivity index (χ2v) is 6.79. The van der Waals surface area contributed by atoms with Crippen molar-refractivity contribution in [2.45, 2.75) is 26.2 Å². The SMILES string of the molecule is CC(C)c1cc(=O)[nH]c2cc(NC(=O)Cc3ccc(Cl)cc3)ccc12. The van der Waals surface area contributed by atoms with E-state index in [4.69, 9.17) is 11.6 Å². The molecule has 1 heterocycles. The van der Waals surface area contributed by atoms with Gasteiger partial charge in [-0.15, -0.1) is 0 Å². The van der Waals surface area contributed by atoms with Gasteiger partial charge in [-0.1, -0.05) is 43.6 Å². The molecule has 5 heteroatoms. The molecule has 0 aliphatic heterocycles. The topological polar surface area (TPSA) is 62.0 Å². The van der Waals surface area contributed by atoms with Gasteiger partial charge in [0.15, 0.2) is 0 Å². The molecule has 0 aliphatic rings. The fourth-order valence-corrected chi connectivity index (χ4v) is 2.96. The van der Waals surface area contributed by atoms with Crippen LogP contribution in [0.2, 0.25) is 5.02 Å². The Morgan fingerprint density at radius 3 is 2.52 bits per heavy atom. The quantitative estimate of drug-likeness (QED) is 0.725. The van der Waals surface area contributed by atoms with Gasteiger partial charge in [-0.2, -0.15) is 0 Å². The highest BCUT2D eigenvalue weighted by Crippen LogP contribution is 2.25. The number of amides is 1. The van der Waals surface area contributed by atoms with Gasteiger partial charge in [-0.3, -0.25) is 9.59 Å². The van der Waals surface area contributed by atoms with Crippen LogP contribution in [0.4, 0.5) is 5.69 Å². The molecule has 4 nitrogen and oxygen atoms in total. The van der Waals surface area contributed by atoms with Crippen molar-refractivity contribution in [3.8, 4) is 0 Å². The second kappa shape index (κ2) is 7.11. The Morgan fingerprint density at radius 2 is 1.84 bits per heavy atom. The molecule has 0 unspecified atom stereocenters. The van der Waals surface area contributed by atoms with Crippen LogP contribution in [0.3, 0.4) is 0 Å². The van der Waals surface area contributed by atoms with Crippen molar-refractivity contribution in [1.29, 1.82) is 0 Å². The zero-order chi connectivity index (χ0) is 18.0. The molecule has 128 valence electrons. The summed E-state index contributed by atoms with van der Waals surface area (Å²) in [6.45, 7) is 4.10. The van der Waals surface area contributed by atoms with E-state index in [0.29, 0.717) is 10.7 Å². The molecule has 1 aromatic heterocycles. The van der Waals surface area contributed by atoms with Gasteiger partial charge in [0.25, 0.3) is 0 Å². The number of aromatic nitrogens is 1. The van der Waals surface area contributed by atoms with Gasteiger partial charge in [0.1, 0.15) is 0 Å². The number of hydrogen-bond donors (Lipinski definition) is 2. The second-order valence-electron chi connectivity index (χ2n) is 6.36. The van der Waals surface area contributed by atoms with Crippen molar-refractivity contribution in [2.24, 2.45) is 0 Å². The highest BCUT2D eigenvalue weighted by molar-refractivity contribution is 6.30. The number of halogens is 1. The number of fused-ring (bicyclic) bond motifs is 1. The summed E-state index contributed by atoms with van der Waals surface area (Å²) < 4.78 is 0. The summed E-state index contributed by atoms with van der Waals surface area (Å²) in [6, 6.07) is 14.4. The normalized spacial score (nSPS) is 11.0. The summed E-state index contributed by atoms with van der Waals surface area (Å²) in [5, 5.41) is 4.50. The largest absolute Gasteiger partial charge is 0.326 e. The molecule has 1 amide bonds. The first-order valence-electron chi connectivity index (χ1n) is 8.13. The average Bonchev–Trinajstić information content (AvgIpc) is 2.55. The Bertz CT molecular complexity index is 975. The molecule has 25 heavy (non-hydrogen) atoms. The van der Waals surface area contributed by atoms with E-state index in [1.165, 1.54) is 0 Å². The molecule has 0 saturated carbocycles. The third kappa shape index (κ3) is 4.09. The molecule has 2 aromatic carbocycles. The third-order valence-electron chi connectivity index (χ3n) is 4.06. The Kier molecular flexibility index (Phi) is 4.91. The van der Waals surface area contributed by atoms with E-state index in [1.807, 2.05) is 24.3 Å². The third-order valence-corrected chi connectivity index (χ3v) is 4.31. The maximum atomic E-state index is 12.2. The number of carbonyl (C=O) groups excluding carboxylic acids is 1. The van der Waals surface area contributed by atoms with Crippen LogP contribution >= 0.6 is 11.6 Å². The van der Waals surface area contributed by atoms with E-state index in [-0.39, 0.29) is 23.8 Å². The predicted molar refractivity (Wildman–Crippen MR) is 102 cm³/mol. The first-order chi connectivity index (χ1) is 11.9. The van der Waals surface area contributed by atoms with Gasteiger partial charge in [0.2, 0.25) is 11.5 Å². The molecule has 0 atom stereocenters. The summed E-state index contributed by atoms with van der Waals surface area (Å²) >= 11 is 5.85. The molecule has 0 saturated heterocycles. The van der Waals surface area contributed by atoms with Crippen molar-refractivity contribution in [3.63, 3.8) is 0 Å². The summed E-state index contributed by atoms with van der Waals surface area (Å²) in [5.41, 5.74) is 3.13. The number of benzene rings is 2. The van der Waals surface area contributed by atoms with E-state index in [9.17, 15) is 9.59 Å². The number of carbonyl (C=O) groups is 1. The van der Waals surface area contributed by atoms with Crippen LogP contribution in [0.5, 0.6) is 0 Å². The number of pyridine rings is 1. The Hall–Kier alpha value is -2.59. The van der Waals surface area contributed by atoms with Gasteiger partial charge in [-0.05, 0) is 41.3 Å². The van der Waals surface area contributed by atoms with Crippen LogP contribution in [-0.2, 0) is 11.2 Å². The highest BCUT2D eigenvalue weighted by Gasteiger charge is 2.09. The predicted octanol–water partition coefficient (Wildman–Crippen LogP) is 4.49. The summed E-state index contributed by atoms with van der Waals surface area (Å²) in [6.07, 6.45) is 0.262. The van der Waals surface area contributed by atoms with Crippen LogP contribution in [0.15, 0.2) is 53.3 Å².